The van der Waals surface area contributed by atoms with E-state index in [2.05, 4.69) is 24.0 Å². The number of methoxy groups -OCH3 is 1. The summed E-state index contributed by atoms with van der Waals surface area (Å²) in [5.41, 5.74) is 9.06. The van der Waals surface area contributed by atoms with Crippen molar-refractivity contribution in [3.05, 3.63) is 59.7 Å². The smallest absolute Gasteiger partial charge is 0.131 e. The Morgan fingerprint density at radius 3 is 2.21 bits per heavy atom. The molecule has 3 heteroatoms. The molecule has 0 amide bonds. The van der Waals surface area contributed by atoms with E-state index in [-0.39, 0.29) is 0 Å². The number of rotatable bonds is 4. The third-order valence-electron chi connectivity index (χ3n) is 2.98. The van der Waals surface area contributed by atoms with Crippen LogP contribution in [0, 0.1) is 0 Å². The number of amidine groups is 1. The van der Waals surface area contributed by atoms with Gasteiger partial charge in [0.05, 0.1) is 12.8 Å². The van der Waals surface area contributed by atoms with E-state index in [1.165, 1.54) is 5.56 Å². The zero-order valence-electron chi connectivity index (χ0n) is 11.3. The molecule has 2 rings (SSSR count). The molecule has 3 nitrogen and oxygen atoms in total. The quantitative estimate of drug-likeness (QED) is 0.672. The van der Waals surface area contributed by atoms with E-state index in [4.69, 9.17) is 10.5 Å². The highest BCUT2D eigenvalue weighted by Crippen LogP contribution is 2.18. The van der Waals surface area contributed by atoms with Gasteiger partial charge < -0.3 is 10.5 Å². The molecule has 19 heavy (non-hydrogen) atoms. The van der Waals surface area contributed by atoms with Crippen molar-refractivity contribution in [1.29, 1.82) is 0 Å². The summed E-state index contributed by atoms with van der Waals surface area (Å²) < 4.78 is 5.10. The Morgan fingerprint density at radius 1 is 1.05 bits per heavy atom. The van der Waals surface area contributed by atoms with Crippen LogP contribution in [0.15, 0.2) is 53.5 Å². The van der Waals surface area contributed by atoms with E-state index in [1.807, 2.05) is 36.4 Å². The van der Waals surface area contributed by atoms with Crippen molar-refractivity contribution in [3.63, 3.8) is 0 Å². The van der Waals surface area contributed by atoms with Gasteiger partial charge >= 0.3 is 0 Å². The predicted octanol–water partition coefficient (Wildman–Crippen LogP) is 3.29. The second-order valence-corrected chi connectivity index (χ2v) is 4.25. The van der Waals surface area contributed by atoms with Crippen LogP contribution in [-0.4, -0.2) is 12.9 Å². The second-order valence-electron chi connectivity index (χ2n) is 4.25. The standard InChI is InChI=1S/C16H18N2O/c1-3-12-4-6-13(7-5-12)16(17)18-14-8-10-15(19-2)11-9-14/h4-11H,3H2,1-2H3,(H2,17,18). The largest absolute Gasteiger partial charge is 0.497 e. The van der Waals surface area contributed by atoms with Gasteiger partial charge in [-0.1, -0.05) is 31.2 Å². The maximum atomic E-state index is 6.01. The van der Waals surface area contributed by atoms with Crippen molar-refractivity contribution in [2.45, 2.75) is 13.3 Å². The van der Waals surface area contributed by atoms with Gasteiger partial charge in [0.15, 0.2) is 0 Å². The molecule has 0 aromatic heterocycles. The Hall–Kier alpha value is -2.29. The Bertz CT molecular complexity index is 556. The molecule has 0 saturated heterocycles. The van der Waals surface area contributed by atoms with E-state index < -0.39 is 0 Å². The summed E-state index contributed by atoms with van der Waals surface area (Å²) in [6.07, 6.45) is 1.02. The topological polar surface area (TPSA) is 47.6 Å². The van der Waals surface area contributed by atoms with Crippen LogP contribution >= 0.6 is 0 Å². The molecule has 0 aliphatic heterocycles. The molecule has 2 aromatic rings. The molecule has 0 fully saturated rings. The summed E-state index contributed by atoms with van der Waals surface area (Å²) in [6.45, 7) is 2.13. The Morgan fingerprint density at radius 2 is 1.68 bits per heavy atom. The molecule has 0 heterocycles. The van der Waals surface area contributed by atoms with Gasteiger partial charge in [0.25, 0.3) is 0 Å². The van der Waals surface area contributed by atoms with Gasteiger partial charge in [0, 0.05) is 5.56 Å². The molecule has 0 bridgehead atoms. The molecule has 98 valence electrons. The van der Waals surface area contributed by atoms with Crippen LogP contribution in [0.25, 0.3) is 0 Å². The average Bonchev–Trinajstić information content (AvgIpc) is 2.48. The van der Waals surface area contributed by atoms with Crippen molar-refractivity contribution in [1.82, 2.24) is 0 Å². The average molecular weight is 254 g/mol. The molecule has 0 atom stereocenters. The monoisotopic (exact) mass is 254 g/mol. The highest BCUT2D eigenvalue weighted by atomic mass is 16.5. The van der Waals surface area contributed by atoms with E-state index in [0.29, 0.717) is 5.84 Å². The number of nitrogens with zero attached hydrogens (tertiary/aromatic N) is 1. The Kier molecular flexibility index (Phi) is 4.18. The zero-order chi connectivity index (χ0) is 13.7. The van der Waals surface area contributed by atoms with Gasteiger partial charge in [0.2, 0.25) is 0 Å². The van der Waals surface area contributed by atoms with Crippen molar-refractivity contribution in [2.24, 2.45) is 10.7 Å². The summed E-state index contributed by atoms with van der Waals surface area (Å²) in [4.78, 5) is 4.40. The Balaban J connectivity index is 2.20. The number of aryl methyl sites for hydroxylation is 1. The summed E-state index contributed by atoms with van der Waals surface area (Å²) >= 11 is 0. The molecule has 0 unspecified atom stereocenters. The van der Waals surface area contributed by atoms with Crippen LogP contribution in [0.1, 0.15) is 18.1 Å². The molecule has 0 saturated carbocycles. The van der Waals surface area contributed by atoms with Crippen LogP contribution in [0.5, 0.6) is 5.75 Å². The van der Waals surface area contributed by atoms with Crippen LogP contribution < -0.4 is 10.5 Å². The molecule has 0 aliphatic carbocycles. The van der Waals surface area contributed by atoms with Gasteiger partial charge in [-0.3, -0.25) is 0 Å². The van der Waals surface area contributed by atoms with Crippen LogP contribution in [0.3, 0.4) is 0 Å². The molecule has 2 N–H and O–H groups in total. The lowest BCUT2D eigenvalue weighted by molar-refractivity contribution is 0.415. The summed E-state index contributed by atoms with van der Waals surface area (Å²) in [5, 5.41) is 0. The third kappa shape index (κ3) is 3.35. The first-order valence-corrected chi connectivity index (χ1v) is 6.30. The molecule has 0 radical (unpaired) electrons. The zero-order valence-corrected chi connectivity index (χ0v) is 11.3. The molecular formula is C16H18N2O. The number of hydrogen-bond acceptors (Lipinski definition) is 2. The van der Waals surface area contributed by atoms with E-state index in [1.54, 1.807) is 7.11 Å². The lowest BCUT2D eigenvalue weighted by Crippen LogP contribution is -2.12. The van der Waals surface area contributed by atoms with Crippen molar-refractivity contribution >= 4 is 11.5 Å². The van der Waals surface area contributed by atoms with Crippen LogP contribution in [0.2, 0.25) is 0 Å². The van der Waals surface area contributed by atoms with E-state index in [0.717, 1.165) is 23.4 Å². The fraction of sp³-hybridized carbons (Fsp3) is 0.188. The fourth-order valence-electron chi connectivity index (χ4n) is 1.77. The number of benzene rings is 2. The van der Waals surface area contributed by atoms with Gasteiger partial charge in [-0.15, -0.1) is 0 Å². The minimum absolute atomic E-state index is 0.521. The lowest BCUT2D eigenvalue weighted by atomic mass is 10.1. The van der Waals surface area contributed by atoms with Gasteiger partial charge in [0.1, 0.15) is 11.6 Å². The van der Waals surface area contributed by atoms with Crippen LogP contribution in [0.4, 0.5) is 5.69 Å². The van der Waals surface area contributed by atoms with Crippen LogP contribution in [-0.2, 0) is 6.42 Å². The first-order valence-electron chi connectivity index (χ1n) is 6.30. The maximum absolute atomic E-state index is 6.01. The number of hydrogen-bond donors (Lipinski definition) is 1. The second kappa shape index (κ2) is 6.05. The summed E-state index contributed by atoms with van der Waals surface area (Å²) in [6, 6.07) is 15.6. The lowest BCUT2D eigenvalue weighted by Gasteiger charge is -2.03. The number of ether oxygens (including phenoxy) is 1. The summed E-state index contributed by atoms with van der Waals surface area (Å²) in [7, 11) is 1.64. The third-order valence-corrected chi connectivity index (χ3v) is 2.98. The van der Waals surface area contributed by atoms with Gasteiger partial charge in [-0.05, 0) is 36.2 Å². The minimum atomic E-state index is 0.521. The van der Waals surface area contributed by atoms with E-state index >= 15 is 0 Å². The summed E-state index contributed by atoms with van der Waals surface area (Å²) in [5.74, 6) is 1.33. The van der Waals surface area contributed by atoms with Gasteiger partial charge in [-0.25, -0.2) is 4.99 Å². The van der Waals surface area contributed by atoms with Crippen molar-refractivity contribution in [3.8, 4) is 5.75 Å². The Labute approximate surface area is 113 Å². The van der Waals surface area contributed by atoms with E-state index in [9.17, 15) is 0 Å². The molecule has 0 spiro atoms. The molecular weight excluding hydrogens is 236 g/mol. The van der Waals surface area contributed by atoms with Crippen molar-refractivity contribution < 1.29 is 4.74 Å². The van der Waals surface area contributed by atoms with Crippen molar-refractivity contribution in [2.75, 3.05) is 7.11 Å². The van der Waals surface area contributed by atoms with Gasteiger partial charge in [-0.2, -0.15) is 0 Å². The first-order chi connectivity index (χ1) is 9.22. The number of nitrogens with two attached hydrogens (primary N) is 1. The molecule has 2 aromatic carbocycles. The maximum Gasteiger partial charge on any atom is 0.131 e. The molecule has 0 aliphatic rings. The highest BCUT2D eigenvalue weighted by molar-refractivity contribution is 5.99. The first kappa shape index (κ1) is 13.1. The predicted molar refractivity (Wildman–Crippen MR) is 79.2 cm³/mol. The SMILES string of the molecule is CCc1ccc(C(N)=Nc2ccc(OC)cc2)cc1. The minimum Gasteiger partial charge on any atom is -0.497 e. The fourth-order valence-corrected chi connectivity index (χ4v) is 1.77. The normalized spacial score (nSPS) is 11.4. The highest BCUT2D eigenvalue weighted by Gasteiger charge is 1.99. The number of aliphatic imine (C=N–C) groups is 1.